The maximum absolute atomic E-state index is 8.25. The molecule has 13 heavy (non-hydrogen) atoms. The SMILES string of the molecule is [N-]=[N+]=Nc1c(Cl)cc(Br)c(Cl)c1Br. The molecule has 0 radical (unpaired) electrons. The summed E-state index contributed by atoms with van der Waals surface area (Å²) in [7, 11) is 0. The normalized spacial score (nSPS) is 9.54. The Bertz CT molecular complexity index is 401. The van der Waals surface area contributed by atoms with E-state index in [0.29, 0.717) is 19.0 Å². The molecule has 7 heteroatoms. The van der Waals surface area contributed by atoms with Gasteiger partial charge in [-0.1, -0.05) is 28.3 Å². The van der Waals surface area contributed by atoms with Crippen molar-refractivity contribution in [1.82, 2.24) is 0 Å². The smallest absolute Gasteiger partial charge is 0.0719 e. The topological polar surface area (TPSA) is 48.8 Å². The van der Waals surface area contributed by atoms with Gasteiger partial charge in [0.05, 0.1) is 15.7 Å². The second kappa shape index (κ2) is 4.53. The zero-order valence-corrected chi connectivity index (χ0v) is 10.6. The first kappa shape index (κ1) is 11.1. The van der Waals surface area contributed by atoms with Crippen molar-refractivity contribution in [2.75, 3.05) is 0 Å². The first-order valence-electron chi connectivity index (χ1n) is 2.96. The van der Waals surface area contributed by atoms with Crippen molar-refractivity contribution in [1.29, 1.82) is 0 Å². The third kappa shape index (κ3) is 2.30. The van der Waals surface area contributed by atoms with Gasteiger partial charge >= 0.3 is 0 Å². The van der Waals surface area contributed by atoms with Crippen molar-refractivity contribution in [3.8, 4) is 0 Å². The fraction of sp³-hybridized carbons (Fsp3) is 0. The molecule has 1 aromatic rings. The summed E-state index contributed by atoms with van der Waals surface area (Å²) < 4.78 is 1.12. The maximum atomic E-state index is 8.25. The summed E-state index contributed by atoms with van der Waals surface area (Å²) in [5.41, 5.74) is 8.54. The van der Waals surface area contributed by atoms with Crippen LogP contribution in [0, 0.1) is 0 Å². The van der Waals surface area contributed by atoms with Gasteiger partial charge in [-0.15, -0.1) is 0 Å². The summed E-state index contributed by atoms with van der Waals surface area (Å²) in [6.07, 6.45) is 0. The Hall–Kier alpha value is 0.0700. The van der Waals surface area contributed by atoms with Crippen LogP contribution in [0.15, 0.2) is 20.1 Å². The molecular weight excluding hydrogens is 345 g/mol. The molecule has 0 atom stereocenters. The summed E-state index contributed by atoms with van der Waals surface area (Å²) in [4.78, 5) is 2.63. The molecule has 0 bridgehead atoms. The van der Waals surface area contributed by atoms with E-state index in [1.54, 1.807) is 6.07 Å². The Balaban J connectivity index is 3.52. The van der Waals surface area contributed by atoms with Gasteiger partial charge in [-0.3, -0.25) is 0 Å². The Labute approximate surface area is 101 Å². The second-order valence-corrected chi connectivity index (χ2v) is 4.44. The highest BCUT2D eigenvalue weighted by Gasteiger charge is 2.11. The largest absolute Gasteiger partial charge is 0.0838 e. The molecule has 0 unspecified atom stereocenters. The molecule has 0 spiro atoms. The van der Waals surface area contributed by atoms with Gasteiger partial charge in [0, 0.05) is 13.9 Å². The van der Waals surface area contributed by atoms with E-state index in [1.807, 2.05) is 0 Å². The molecule has 3 nitrogen and oxygen atoms in total. The minimum Gasteiger partial charge on any atom is -0.0838 e. The molecule has 0 fully saturated rings. The molecule has 0 aliphatic heterocycles. The number of benzene rings is 1. The van der Waals surface area contributed by atoms with Crippen molar-refractivity contribution >= 4 is 60.7 Å². The summed E-state index contributed by atoms with van der Waals surface area (Å²) >= 11 is 18.0. The molecule has 0 aliphatic rings. The first-order chi connectivity index (χ1) is 6.07. The number of hydrogen-bond donors (Lipinski definition) is 0. The molecule has 0 N–H and O–H groups in total. The molecule has 1 rings (SSSR count). The number of nitrogens with zero attached hydrogens (tertiary/aromatic N) is 3. The summed E-state index contributed by atoms with van der Waals surface area (Å²) in [6, 6.07) is 1.57. The Morgan fingerprint density at radius 3 is 2.54 bits per heavy atom. The predicted molar refractivity (Wildman–Crippen MR) is 60.7 cm³/mol. The van der Waals surface area contributed by atoms with Crippen LogP contribution in [0.25, 0.3) is 10.4 Å². The Morgan fingerprint density at radius 1 is 1.38 bits per heavy atom. The lowest BCUT2D eigenvalue weighted by molar-refractivity contribution is 1.44. The van der Waals surface area contributed by atoms with Crippen molar-refractivity contribution in [3.63, 3.8) is 0 Å². The number of hydrogen-bond acceptors (Lipinski definition) is 1. The van der Waals surface area contributed by atoms with Gasteiger partial charge in [0.15, 0.2) is 0 Å². The van der Waals surface area contributed by atoms with E-state index in [4.69, 9.17) is 28.7 Å². The molecule has 0 heterocycles. The van der Waals surface area contributed by atoms with Gasteiger partial charge < -0.3 is 0 Å². The molecule has 0 aliphatic carbocycles. The molecule has 0 amide bonds. The van der Waals surface area contributed by atoms with E-state index in [-0.39, 0.29) is 5.69 Å². The number of rotatable bonds is 1. The van der Waals surface area contributed by atoms with Crippen molar-refractivity contribution in [2.45, 2.75) is 0 Å². The second-order valence-electron chi connectivity index (χ2n) is 2.01. The highest BCUT2D eigenvalue weighted by atomic mass is 79.9. The van der Waals surface area contributed by atoms with Gasteiger partial charge in [-0.2, -0.15) is 0 Å². The van der Waals surface area contributed by atoms with E-state index in [2.05, 4.69) is 41.9 Å². The molecule has 1 aromatic carbocycles. The highest BCUT2D eigenvalue weighted by molar-refractivity contribution is 9.11. The van der Waals surface area contributed by atoms with Crippen LogP contribution in [0.3, 0.4) is 0 Å². The van der Waals surface area contributed by atoms with Crippen LogP contribution in [0.2, 0.25) is 10.0 Å². The minimum absolute atomic E-state index is 0.289. The molecule has 0 saturated heterocycles. The van der Waals surface area contributed by atoms with Crippen LogP contribution in [0.5, 0.6) is 0 Å². The van der Waals surface area contributed by atoms with Gasteiger partial charge in [0.2, 0.25) is 0 Å². The quantitative estimate of drug-likeness (QED) is 0.213. The average Bonchev–Trinajstić information content (AvgIpc) is 2.09. The van der Waals surface area contributed by atoms with Crippen molar-refractivity contribution < 1.29 is 0 Å². The molecule has 68 valence electrons. The summed E-state index contributed by atoms with van der Waals surface area (Å²) in [6.45, 7) is 0. The first-order valence-corrected chi connectivity index (χ1v) is 5.30. The fourth-order valence-corrected chi connectivity index (χ4v) is 2.52. The van der Waals surface area contributed by atoms with Gasteiger partial charge in [-0.25, -0.2) is 0 Å². The minimum atomic E-state index is 0.289. The van der Waals surface area contributed by atoms with Gasteiger partial charge in [0.25, 0.3) is 0 Å². The third-order valence-corrected chi connectivity index (χ3v) is 3.77. The molecule has 0 aromatic heterocycles. The van der Waals surface area contributed by atoms with E-state index in [0.717, 1.165) is 0 Å². The van der Waals surface area contributed by atoms with Crippen LogP contribution in [0.1, 0.15) is 0 Å². The van der Waals surface area contributed by atoms with Gasteiger partial charge in [0.1, 0.15) is 0 Å². The van der Waals surface area contributed by atoms with Gasteiger partial charge in [-0.05, 0) is 43.5 Å². The van der Waals surface area contributed by atoms with Crippen LogP contribution in [-0.4, -0.2) is 0 Å². The number of azide groups is 1. The maximum Gasteiger partial charge on any atom is 0.0719 e. The fourth-order valence-electron chi connectivity index (χ4n) is 0.693. The van der Waals surface area contributed by atoms with Crippen LogP contribution in [0.4, 0.5) is 5.69 Å². The average molecular weight is 346 g/mol. The molecular formula is C6HBr2Cl2N3. The van der Waals surface area contributed by atoms with Crippen LogP contribution >= 0.6 is 55.1 Å². The monoisotopic (exact) mass is 343 g/mol. The molecule has 0 saturated carbocycles. The Kier molecular flexibility index (Phi) is 3.88. The lowest BCUT2D eigenvalue weighted by Gasteiger charge is -2.04. The lowest BCUT2D eigenvalue weighted by Crippen LogP contribution is -1.75. The third-order valence-electron chi connectivity index (χ3n) is 1.23. The standard InChI is InChI=1S/C6HBr2Cl2N3/c7-2-1-3(9)6(12-13-11)4(8)5(2)10/h1H. The predicted octanol–water partition coefficient (Wildman–Crippen LogP) is 5.46. The van der Waals surface area contributed by atoms with Crippen LogP contribution < -0.4 is 0 Å². The van der Waals surface area contributed by atoms with Crippen molar-refractivity contribution in [2.24, 2.45) is 5.11 Å². The zero-order valence-electron chi connectivity index (χ0n) is 5.93. The zero-order chi connectivity index (χ0) is 10.0. The Morgan fingerprint density at radius 2 is 2.00 bits per heavy atom. The van der Waals surface area contributed by atoms with Crippen molar-refractivity contribution in [3.05, 3.63) is 35.5 Å². The van der Waals surface area contributed by atoms with E-state index >= 15 is 0 Å². The van der Waals surface area contributed by atoms with E-state index in [9.17, 15) is 0 Å². The van der Waals surface area contributed by atoms with Crippen LogP contribution in [-0.2, 0) is 0 Å². The highest BCUT2D eigenvalue weighted by Crippen LogP contribution is 2.42. The summed E-state index contributed by atoms with van der Waals surface area (Å²) in [5.74, 6) is 0. The van der Waals surface area contributed by atoms with E-state index < -0.39 is 0 Å². The number of halogens is 4. The van der Waals surface area contributed by atoms with E-state index in [1.165, 1.54) is 0 Å². The summed E-state index contributed by atoms with van der Waals surface area (Å²) in [5, 5.41) is 4.16. The lowest BCUT2D eigenvalue weighted by atomic mass is 10.3.